The average Bonchev–Trinajstić information content (AvgIpc) is 3.26. The fraction of sp³-hybridized carbons (Fsp3) is 0.250. The highest BCUT2D eigenvalue weighted by atomic mass is 19.3. The number of aryl methyl sites for hydroxylation is 1. The Kier molecular flexibility index (Phi) is 5.03. The van der Waals surface area contributed by atoms with Gasteiger partial charge in [-0.15, -0.1) is 0 Å². The van der Waals surface area contributed by atoms with Gasteiger partial charge in [0.25, 0.3) is 6.08 Å². The molecule has 0 amide bonds. The van der Waals surface area contributed by atoms with Crippen LogP contribution in [0, 0.1) is 0 Å². The number of aromatic nitrogens is 6. The van der Waals surface area contributed by atoms with Crippen molar-refractivity contribution in [1.29, 1.82) is 0 Å². The zero-order chi connectivity index (χ0) is 18.7. The highest BCUT2D eigenvalue weighted by molar-refractivity contribution is 5.59. The summed E-state index contributed by atoms with van der Waals surface area (Å²) >= 11 is 0. The topological polar surface area (TPSA) is 96.6 Å². The summed E-state index contributed by atoms with van der Waals surface area (Å²) in [7, 11) is 0. The molecule has 0 aliphatic heterocycles. The van der Waals surface area contributed by atoms with Crippen LogP contribution < -0.4 is 11.4 Å². The fourth-order valence-electron chi connectivity index (χ4n) is 2.40. The maximum absolute atomic E-state index is 12.8. The third-order valence-electron chi connectivity index (χ3n) is 3.86. The zero-order valence-corrected chi connectivity index (χ0v) is 14.0. The van der Waals surface area contributed by atoms with Gasteiger partial charge in [-0.05, 0) is 19.1 Å². The van der Waals surface area contributed by atoms with Crippen LogP contribution in [-0.2, 0) is 13.1 Å². The van der Waals surface area contributed by atoms with Crippen molar-refractivity contribution in [3.8, 4) is 16.9 Å². The molecule has 10 heteroatoms. The van der Waals surface area contributed by atoms with E-state index in [1.807, 2.05) is 13.1 Å². The van der Waals surface area contributed by atoms with Gasteiger partial charge in [0.05, 0.1) is 24.1 Å². The number of hydrogen-bond acceptors (Lipinski definition) is 5. The lowest BCUT2D eigenvalue weighted by molar-refractivity contribution is 0.400. The number of nitrogens with zero attached hydrogens (tertiary/aromatic N) is 6. The molecule has 0 radical (unpaired) electrons. The second-order valence-electron chi connectivity index (χ2n) is 5.49. The van der Waals surface area contributed by atoms with Gasteiger partial charge < -0.3 is 5.73 Å². The monoisotopic (exact) mass is 361 g/mol. The van der Waals surface area contributed by atoms with Gasteiger partial charge in [-0.3, -0.25) is 9.67 Å². The molecule has 0 saturated heterocycles. The maximum Gasteiger partial charge on any atom is 0.350 e. The molecule has 3 aromatic rings. The second kappa shape index (κ2) is 7.40. The van der Waals surface area contributed by atoms with Crippen LogP contribution in [0.15, 0.2) is 53.5 Å². The average molecular weight is 361 g/mol. The van der Waals surface area contributed by atoms with Crippen LogP contribution in [-0.4, -0.2) is 35.7 Å². The predicted molar refractivity (Wildman–Crippen MR) is 90.8 cm³/mol. The number of hydrogen-bond donors (Lipinski definition) is 1. The summed E-state index contributed by atoms with van der Waals surface area (Å²) in [5, 5.41) is 8.09. The smallest absolute Gasteiger partial charge is 0.327 e. The van der Waals surface area contributed by atoms with E-state index in [-0.39, 0.29) is 18.7 Å². The molecule has 0 aliphatic rings. The highest BCUT2D eigenvalue weighted by Crippen LogP contribution is 2.18. The Hall–Kier alpha value is -3.14. The normalized spacial score (nSPS) is 10.9. The van der Waals surface area contributed by atoms with Crippen LogP contribution in [0.2, 0.25) is 0 Å². The lowest BCUT2D eigenvalue weighted by Gasteiger charge is -2.04. The van der Waals surface area contributed by atoms with Crippen LogP contribution >= 0.6 is 0 Å². The summed E-state index contributed by atoms with van der Waals surface area (Å²) in [4.78, 5) is 16.7. The van der Waals surface area contributed by atoms with Crippen LogP contribution in [0.25, 0.3) is 16.9 Å². The molecular formula is C16H17F2N7O. The van der Waals surface area contributed by atoms with Crippen molar-refractivity contribution in [3.63, 3.8) is 0 Å². The molecule has 3 heterocycles. The Morgan fingerprint density at radius 3 is 2.77 bits per heavy atom. The molecule has 2 N–H and O–H groups in total. The van der Waals surface area contributed by atoms with Crippen LogP contribution in [0.3, 0.4) is 0 Å². The van der Waals surface area contributed by atoms with E-state index in [4.69, 9.17) is 5.73 Å². The number of rotatable bonds is 6. The minimum Gasteiger partial charge on any atom is -0.327 e. The molecule has 3 aromatic heterocycles. The molecule has 0 spiro atoms. The number of halogens is 2. The quantitative estimate of drug-likeness (QED) is 0.716. The minimum atomic E-state index is -1.90. The summed E-state index contributed by atoms with van der Waals surface area (Å²) in [6, 6.07) is 3.34. The van der Waals surface area contributed by atoms with E-state index < -0.39 is 11.8 Å². The van der Waals surface area contributed by atoms with Gasteiger partial charge in [0.1, 0.15) is 6.33 Å². The second-order valence-corrected chi connectivity index (χ2v) is 5.49. The number of nitrogens with two attached hydrogens (primary N) is 1. The molecule has 0 aromatic carbocycles. The van der Waals surface area contributed by atoms with Crippen LogP contribution in [0.4, 0.5) is 8.78 Å². The molecule has 0 bridgehead atoms. The van der Waals surface area contributed by atoms with Gasteiger partial charge in [-0.1, -0.05) is 0 Å². The molecule has 26 heavy (non-hydrogen) atoms. The van der Waals surface area contributed by atoms with Gasteiger partial charge in [-0.25, -0.2) is 14.0 Å². The van der Waals surface area contributed by atoms with E-state index in [1.54, 1.807) is 29.2 Å². The maximum atomic E-state index is 12.8. The lowest BCUT2D eigenvalue weighted by atomic mass is 10.2. The summed E-state index contributed by atoms with van der Waals surface area (Å²) in [6.07, 6.45) is 4.48. The molecule has 136 valence electrons. The highest BCUT2D eigenvalue weighted by Gasteiger charge is 2.12. The van der Waals surface area contributed by atoms with Gasteiger partial charge >= 0.3 is 5.69 Å². The van der Waals surface area contributed by atoms with E-state index in [0.29, 0.717) is 11.4 Å². The Morgan fingerprint density at radius 1 is 1.31 bits per heavy atom. The summed E-state index contributed by atoms with van der Waals surface area (Å²) in [5.74, 6) is 0. The van der Waals surface area contributed by atoms with Gasteiger partial charge in [-0.2, -0.15) is 19.0 Å². The molecule has 0 fully saturated rings. The van der Waals surface area contributed by atoms with Crippen LogP contribution in [0.1, 0.15) is 6.92 Å². The van der Waals surface area contributed by atoms with Crippen LogP contribution in [0.5, 0.6) is 0 Å². The lowest BCUT2D eigenvalue weighted by Crippen LogP contribution is -2.26. The Balaban J connectivity index is 1.94. The van der Waals surface area contributed by atoms with E-state index >= 15 is 0 Å². The van der Waals surface area contributed by atoms with E-state index in [2.05, 4.69) is 15.2 Å². The first-order valence-corrected chi connectivity index (χ1v) is 7.90. The van der Waals surface area contributed by atoms with Crippen molar-refractivity contribution < 1.29 is 8.78 Å². The minimum absolute atomic E-state index is 0.334. The predicted octanol–water partition coefficient (Wildman–Crippen LogP) is 1.42. The van der Waals surface area contributed by atoms with Crippen molar-refractivity contribution in [2.24, 2.45) is 5.73 Å². The van der Waals surface area contributed by atoms with Crippen molar-refractivity contribution >= 4 is 0 Å². The first kappa shape index (κ1) is 17.7. The van der Waals surface area contributed by atoms with Crippen molar-refractivity contribution in [1.82, 2.24) is 29.1 Å². The van der Waals surface area contributed by atoms with E-state index in [1.165, 1.54) is 10.9 Å². The van der Waals surface area contributed by atoms with Gasteiger partial charge in [0, 0.05) is 36.6 Å². The van der Waals surface area contributed by atoms with Crippen molar-refractivity contribution in [2.75, 3.05) is 6.54 Å². The number of pyridine rings is 1. The van der Waals surface area contributed by atoms with Crippen molar-refractivity contribution in [2.45, 2.75) is 20.0 Å². The third kappa shape index (κ3) is 3.45. The SMILES string of the molecule is CCn1cc(-c2cc(-n3cnn(CC(CN)=C(F)F)c3=O)ccn2)cn1. The van der Waals surface area contributed by atoms with Gasteiger partial charge in [0.15, 0.2) is 0 Å². The van der Waals surface area contributed by atoms with E-state index in [9.17, 15) is 13.6 Å². The first-order chi connectivity index (χ1) is 12.5. The molecule has 0 saturated carbocycles. The van der Waals surface area contributed by atoms with Gasteiger partial charge in [0.2, 0.25) is 0 Å². The molecular weight excluding hydrogens is 344 g/mol. The summed E-state index contributed by atoms with van der Waals surface area (Å²) in [6.45, 7) is 2.00. The third-order valence-corrected chi connectivity index (χ3v) is 3.86. The standard InChI is InChI=1S/C16H17F2N7O/c1-2-23-8-12(7-21-23)14-5-13(3-4-20-14)24-10-22-25(16(24)26)9-11(6-19)15(17)18/h3-5,7-8,10H,2,6,9,19H2,1H3. The molecule has 0 aliphatic carbocycles. The Labute approximate surface area is 147 Å². The largest absolute Gasteiger partial charge is 0.350 e. The van der Waals surface area contributed by atoms with E-state index in [0.717, 1.165) is 16.8 Å². The molecule has 0 atom stereocenters. The molecule has 8 nitrogen and oxygen atoms in total. The summed E-state index contributed by atoms with van der Waals surface area (Å²) < 4.78 is 29.5. The molecule has 0 unspecified atom stereocenters. The Bertz CT molecular complexity index is 998. The Morgan fingerprint density at radius 2 is 2.12 bits per heavy atom. The van der Waals surface area contributed by atoms with Crippen molar-refractivity contribution in [3.05, 3.63) is 59.2 Å². The summed E-state index contributed by atoms with van der Waals surface area (Å²) in [5.41, 5.74) is 6.37. The first-order valence-electron chi connectivity index (χ1n) is 7.90. The zero-order valence-electron chi connectivity index (χ0n) is 14.0. The fourth-order valence-corrected chi connectivity index (χ4v) is 2.40. The molecule has 3 rings (SSSR count).